The smallest absolute Gasteiger partial charge is 0.0705 e. The van der Waals surface area contributed by atoms with Gasteiger partial charge in [0.15, 0.2) is 0 Å². The average molecular weight is 273 g/mol. The van der Waals surface area contributed by atoms with Crippen molar-refractivity contribution in [2.75, 3.05) is 13.1 Å². The Bertz CT molecular complexity index is 458. The highest BCUT2D eigenvalue weighted by atomic mass is 16.3. The van der Waals surface area contributed by atoms with E-state index in [4.69, 9.17) is 0 Å². The summed E-state index contributed by atoms with van der Waals surface area (Å²) < 4.78 is 0. The Labute approximate surface area is 122 Å². The Morgan fingerprint density at radius 2 is 2.20 bits per heavy atom. The monoisotopic (exact) mass is 273 g/mol. The zero-order valence-electron chi connectivity index (χ0n) is 12.6. The van der Waals surface area contributed by atoms with Crippen LogP contribution in [-0.4, -0.2) is 23.8 Å². The van der Waals surface area contributed by atoms with Gasteiger partial charge in [-0.05, 0) is 68.0 Å². The second kappa shape index (κ2) is 5.87. The van der Waals surface area contributed by atoms with Crippen LogP contribution in [0, 0.1) is 5.92 Å². The summed E-state index contributed by atoms with van der Waals surface area (Å²) in [6.45, 7) is 4.14. The summed E-state index contributed by atoms with van der Waals surface area (Å²) in [6.07, 6.45) is 6.64. The quantitative estimate of drug-likeness (QED) is 0.886. The first kappa shape index (κ1) is 14.1. The van der Waals surface area contributed by atoms with Crippen LogP contribution < -0.4 is 5.32 Å². The molecule has 0 saturated carbocycles. The van der Waals surface area contributed by atoms with Crippen molar-refractivity contribution in [3.8, 4) is 0 Å². The second-order valence-corrected chi connectivity index (χ2v) is 6.65. The molecule has 1 aromatic carbocycles. The molecule has 1 saturated heterocycles. The molecule has 3 unspecified atom stereocenters. The summed E-state index contributed by atoms with van der Waals surface area (Å²) in [4.78, 5) is 0. The average Bonchev–Trinajstić information content (AvgIpc) is 2.48. The lowest BCUT2D eigenvalue weighted by Crippen LogP contribution is -2.50. The number of aliphatic hydroxyl groups is 1. The number of nitrogens with one attached hydrogen (secondary N) is 1. The molecule has 110 valence electrons. The lowest BCUT2D eigenvalue weighted by molar-refractivity contribution is -0.0548. The molecule has 0 spiro atoms. The third-order valence-electron chi connectivity index (χ3n) is 5.47. The summed E-state index contributed by atoms with van der Waals surface area (Å²) in [5.41, 5.74) is 2.55. The van der Waals surface area contributed by atoms with Crippen molar-refractivity contribution in [3.63, 3.8) is 0 Å². The third-order valence-corrected chi connectivity index (χ3v) is 5.47. The number of aryl methyl sites for hydroxylation is 1. The minimum atomic E-state index is -0.463. The van der Waals surface area contributed by atoms with Gasteiger partial charge in [0.25, 0.3) is 0 Å². The topological polar surface area (TPSA) is 32.3 Å². The first-order valence-electron chi connectivity index (χ1n) is 8.24. The van der Waals surface area contributed by atoms with Gasteiger partial charge in [0.1, 0.15) is 0 Å². The maximum Gasteiger partial charge on any atom is 0.0705 e. The van der Waals surface area contributed by atoms with Crippen LogP contribution in [-0.2, 0) is 6.42 Å². The SMILES string of the molecule is CCC1CNCCC1(O)CC1CCCc2ccccc21. The molecule has 1 fully saturated rings. The fourth-order valence-corrected chi connectivity index (χ4v) is 4.26. The number of hydrogen-bond acceptors (Lipinski definition) is 2. The fraction of sp³-hybridized carbons (Fsp3) is 0.667. The van der Waals surface area contributed by atoms with Crippen molar-refractivity contribution in [1.82, 2.24) is 5.32 Å². The molecule has 2 heteroatoms. The van der Waals surface area contributed by atoms with Crippen molar-refractivity contribution in [1.29, 1.82) is 0 Å². The largest absolute Gasteiger partial charge is 0.389 e. The van der Waals surface area contributed by atoms with Gasteiger partial charge in [-0.3, -0.25) is 0 Å². The highest BCUT2D eigenvalue weighted by Gasteiger charge is 2.40. The minimum absolute atomic E-state index is 0.408. The number of hydrogen-bond donors (Lipinski definition) is 2. The zero-order chi connectivity index (χ0) is 14.0. The molecule has 1 aliphatic heterocycles. The summed E-state index contributed by atoms with van der Waals surface area (Å²) in [6, 6.07) is 8.85. The molecule has 2 nitrogen and oxygen atoms in total. The second-order valence-electron chi connectivity index (χ2n) is 6.65. The first-order valence-corrected chi connectivity index (χ1v) is 8.24. The van der Waals surface area contributed by atoms with E-state index < -0.39 is 5.60 Å². The van der Waals surface area contributed by atoms with Crippen molar-refractivity contribution >= 4 is 0 Å². The maximum atomic E-state index is 11.2. The lowest BCUT2D eigenvalue weighted by Gasteiger charge is -2.43. The fourth-order valence-electron chi connectivity index (χ4n) is 4.26. The van der Waals surface area contributed by atoms with Crippen molar-refractivity contribution in [2.45, 2.75) is 57.0 Å². The Kier molecular flexibility index (Phi) is 4.13. The predicted molar refractivity (Wildman–Crippen MR) is 83.0 cm³/mol. The van der Waals surface area contributed by atoms with Crippen LogP contribution >= 0.6 is 0 Å². The van der Waals surface area contributed by atoms with Gasteiger partial charge in [-0.1, -0.05) is 31.2 Å². The number of piperidine rings is 1. The molecule has 2 N–H and O–H groups in total. The number of rotatable bonds is 3. The molecular weight excluding hydrogens is 246 g/mol. The van der Waals surface area contributed by atoms with E-state index in [9.17, 15) is 5.11 Å². The Morgan fingerprint density at radius 3 is 3.05 bits per heavy atom. The van der Waals surface area contributed by atoms with E-state index in [1.807, 2.05) is 0 Å². The standard InChI is InChI=1S/C18H27NO/c1-2-16-13-19-11-10-18(16,20)12-15-8-5-7-14-6-3-4-9-17(14)15/h3-4,6,9,15-16,19-20H,2,5,7-8,10-13H2,1H3. The van der Waals surface area contributed by atoms with Gasteiger partial charge < -0.3 is 10.4 Å². The molecule has 1 heterocycles. The summed E-state index contributed by atoms with van der Waals surface area (Å²) in [5.74, 6) is 0.961. The van der Waals surface area contributed by atoms with Crippen LogP contribution in [0.5, 0.6) is 0 Å². The minimum Gasteiger partial charge on any atom is -0.389 e. The van der Waals surface area contributed by atoms with Crippen molar-refractivity contribution < 1.29 is 5.11 Å². The third kappa shape index (κ3) is 2.64. The Balaban J connectivity index is 1.80. The molecule has 0 bridgehead atoms. The molecule has 20 heavy (non-hydrogen) atoms. The highest BCUT2D eigenvalue weighted by molar-refractivity contribution is 5.33. The molecule has 2 aliphatic rings. The first-order chi connectivity index (χ1) is 9.73. The molecule has 0 aromatic heterocycles. The maximum absolute atomic E-state index is 11.2. The highest BCUT2D eigenvalue weighted by Crippen LogP contribution is 2.41. The van der Waals surface area contributed by atoms with Gasteiger partial charge in [0.2, 0.25) is 0 Å². The number of benzene rings is 1. The van der Waals surface area contributed by atoms with Crippen LogP contribution in [0.15, 0.2) is 24.3 Å². The Morgan fingerprint density at radius 1 is 1.35 bits per heavy atom. The van der Waals surface area contributed by atoms with E-state index in [-0.39, 0.29) is 0 Å². The van der Waals surface area contributed by atoms with E-state index in [0.717, 1.165) is 32.4 Å². The van der Waals surface area contributed by atoms with Crippen LogP contribution in [0.25, 0.3) is 0 Å². The molecule has 3 rings (SSSR count). The summed E-state index contributed by atoms with van der Waals surface area (Å²) in [5, 5.41) is 14.6. The molecule has 0 amide bonds. The molecule has 0 radical (unpaired) electrons. The van der Waals surface area contributed by atoms with Crippen LogP contribution in [0.1, 0.15) is 56.1 Å². The van der Waals surface area contributed by atoms with E-state index in [0.29, 0.717) is 11.8 Å². The molecule has 3 atom stereocenters. The summed E-state index contributed by atoms with van der Waals surface area (Å²) in [7, 11) is 0. The van der Waals surface area contributed by atoms with Crippen molar-refractivity contribution in [3.05, 3.63) is 35.4 Å². The molecule has 1 aliphatic carbocycles. The predicted octanol–water partition coefficient (Wildman–Crippen LogP) is 3.25. The Hall–Kier alpha value is -0.860. The summed E-state index contributed by atoms with van der Waals surface area (Å²) >= 11 is 0. The van der Waals surface area contributed by atoms with Gasteiger partial charge >= 0.3 is 0 Å². The molecule has 1 aromatic rings. The lowest BCUT2D eigenvalue weighted by atomic mass is 9.70. The van der Waals surface area contributed by atoms with Crippen molar-refractivity contribution in [2.24, 2.45) is 5.92 Å². The van der Waals surface area contributed by atoms with E-state index >= 15 is 0 Å². The van der Waals surface area contributed by atoms with Gasteiger partial charge in [-0.15, -0.1) is 0 Å². The van der Waals surface area contributed by atoms with Crippen LogP contribution in [0.2, 0.25) is 0 Å². The van der Waals surface area contributed by atoms with Gasteiger partial charge in [0.05, 0.1) is 5.60 Å². The van der Waals surface area contributed by atoms with Gasteiger partial charge in [-0.2, -0.15) is 0 Å². The van der Waals surface area contributed by atoms with E-state index in [1.165, 1.54) is 30.4 Å². The number of fused-ring (bicyclic) bond motifs is 1. The van der Waals surface area contributed by atoms with Crippen LogP contribution in [0.3, 0.4) is 0 Å². The normalized spacial score (nSPS) is 33.7. The van der Waals surface area contributed by atoms with Gasteiger partial charge in [0, 0.05) is 6.54 Å². The van der Waals surface area contributed by atoms with E-state index in [2.05, 4.69) is 36.5 Å². The zero-order valence-corrected chi connectivity index (χ0v) is 12.6. The van der Waals surface area contributed by atoms with Gasteiger partial charge in [-0.25, -0.2) is 0 Å². The molecular formula is C18H27NO. The van der Waals surface area contributed by atoms with Crippen LogP contribution in [0.4, 0.5) is 0 Å². The van der Waals surface area contributed by atoms with E-state index in [1.54, 1.807) is 0 Å².